The molecule has 0 spiro atoms. The molecule has 10 heteroatoms. The highest BCUT2D eigenvalue weighted by Gasteiger charge is 2.35. The molecule has 176 valence electrons. The first-order valence-electron chi connectivity index (χ1n) is 11.1. The van der Waals surface area contributed by atoms with E-state index < -0.39 is 11.9 Å². The van der Waals surface area contributed by atoms with Crippen LogP contribution in [0.1, 0.15) is 47.3 Å². The lowest BCUT2D eigenvalue weighted by atomic mass is 10.0. The molecule has 34 heavy (non-hydrogen) atoms. The third kappa shape index (κ3) is 3.89. The van der Waals surface area contributed by atoms with Crippen LogP contribution in [0.15, 0.2) is 42.6 Å². The molecule has 5 rings (SSSR count). The molecular formula is C24H24F2N6O2. The fraction of sp³-hybridized carbons (Fsp3) is 0.333. The number of rotatable bonds is 5. The number of aromatic nitrogens is 4. The number of piperidine rings is 1. The van der Waals surface area contributed by atoms with Crippen molar-refractivity contribution in [1.82, 2.24) is 19.8 Å². The van der Waals surface area contributed by atoms with Gasteiger partial charge in [-0.1, -0.05) is 23.4 Å². The molecule has 0 amide bonds. The van der Waals surface area contributed by atoms with E-state index >= 15 is 0 Å². The Hall–Kier alpha value is -3.82. The highest BCUT2D eigenvalue weighted by Crippen LogP contribution is 2.35. The van der Waals surface area contributed by atoms with Gasteiger partial charge in [0.25, 0.3) is 5.92 Å². The number of hydrogen-bond donors (Lipinski definition) is 2. The van der Waals surface area contributed by atoms with Crippen molar-refractivity contribution < 1.29 is 18.7 Å². The molecule has 1 fully saturated rings. The Kier molecular flexibility index (Phi) is 5.30. The summed E-state index contributed by atoms with van der Waals surface area (Å²) in [6, 6.07) is 10.4. The van der Waals surface area contributed by atoms with Gasteiger partial charge in [-0.15, -0.1) is 5.10 Å². The number of nitrogens with one attached hydrogen (secondary N) is 1. The number of aryl methyl sites for hydroxylation is 1. The van der Waals surface area contributed by atoms with Crippen molar-refractivity contribution in [3.05, 3.63) is 59.3 Å². The van der Waals surface area contributed by atoms with Crippen LogP contribution < -0.4 is 10.2 Å². The number of benzene rings is 2. The molecule has 0 bridgehead atoms. The third-order valence-electron chi connectivity index (χ3n) is 6.28. The van der Waals surface area contributed by atoms with E-state index in [-0.39, 0.29) is 37.5 Å². The van der Waals surface area contributed by atoms with Crippen LogP contribution in [-0.2, 0) is 0 Å². The summed E-state index contributed by atoms with van der Waals surface area (Å²) < 4.78 is 29.3. The number of carboxylic acids is 1. The molecule has 0 aliphatic carbocycles. The van der Waals surface area contributed by atoms with Gasteiger partial charge in [0.15, 0.2) is 5.82 Å². The maximum atomic E-state index is 13.8. The topological polar surface area (TPSA) is 95.6 Å². The molecule has 2 N–H and O–H groups in total. The Morgan fingerprint density at radius 3 is 2.65 bits per heavy atom. The van der Waals surface area contributed by atoms with E-state index in [4.69, 9.17) is 4.98 Å². The van der Waals surface area contributed by atoms with E-state index in [2.05, 4.69) is 15.6 Å². The van der Waals surface area contributed by atoms with Crippen molar-refractivity contribution in [1.29, 1.82) is 0 Å². The zero-order valence-electron chi connectivity index (χ0n) is 18.8. The number of hydrogen-bond acceptors (Lipinski definition) is 6. The number of anilines is 2. The summed E-state index contributed by atoms with van der Waals surface area (Å²) in [4.78, 5) is 18.4. The summed E-state index contributed by atoms with van der Waals surface area (Å²) in [6.07, 6.45) is 1.14. The number of alkyl halides is 2. The quantitative estimate of drug-likeness (QED) is 0.440. The Morgan fingerprint density at radius 2 is 1.91 bits per heavy atom. The average Bonchev–Trinajstić information content (AvgIpc) is 3.29. The van der Waals surface area contributed by atoms with Crippen LogP contribution in [0.4, 0.5) is 20.3 Å². The second-order valence-electron chi connectivity index (χ2n) is 8.75. The lowest BCUT2D eigenvalue weighted by Gasteiger charge is -2.33. The fourth-order valence-corrected chi connectivity index (χ4v) is 4.51. The SMILES string of the molecule is Cc1cc([C@@H](C)Nc2ccccc2C(=O)O)c2nc(N3CCC(F)(F)CC3)c3cnnn3c2c1. The van der Waals surface area contributed by atoms with E-state index in [9.17, 15) is 18.7 Å². The highest BCUT2D eigenvalue weighted by molar-refractivity contribution is 5.94. The van der Waals surface area contributed by atoms with Crippen molar-refractivity contribution in [3.63, 3.8) is 0 Å². The van der Waals surface area contributed by atoms with E-state index in [0.29, 0.717) is 22.5 Å². The number of carboxylic acid groups (broad SMARTS) is 1. The number of carbonyl (C=O) groups is 1. The van der Waals surface area contributed by atoms with Gasteiger partial charge in [-0.2, -0.15) is 0 Å². The number of nitrogens with zero attached hydrogens (tertiary/aromatic N) is 5. The number of halogens is 2. The Morgan fingerprint density at radius 1 is 1.18 bits per heavy atom. The van der Waals surface area contributed by atoms with Crippen molar-refractivity contribution >= 4 is 34.0 Å². The van der Waals surface area contributed by atoms with Crippen LogP contribution in [0.2, 0.25) is 0 Å². The predicted molar refractivity (Wildman–Crippen MR) is 125 cm³/mol. The van der Waals surface area contributed by atoms with Crippen molar-refractivity contribution in [3.8, 4) is 0 Å². The minimum atomic E-state index is -2.67. The van der Waals surface area contributed by atoms with Crippen LogP contribution in [0.5, 0.6) is 0 Å². The van der Waals surface area contributed by atoms with Crippen LogP contribution in [0.25, 0.3) is 16.6 Å². The van der Waals surface area contributed by atoms with Gasteiger partial charge in [0.2, 0.25) is 0 Å². The van der Waals surface area contributed by atoms with E-state index in [0.717, 1.165) is 16.6 Å². The molecule has 2 aromatic heterocycles. The van der Waals surface area contributed by atoms with Crippen molar-refractivity contribution in [2.75, 3.05) is 23.3 Å². The molecule has 3 heterocycles. The third-order valence-corrected chi connectivity index (χ3v) is 6.28. The lowest BCUT2D eigenvalue weighted by molar-refractivity contribution is -0.0221. The molecule has 0 unspecified atom stereocenters. The minimum absolute atomic E-state index is 0.174. The molecule has 1 aliphatic rings. The van der Waals surface area contributed by atoms with Gasteiger partial charge >= 0.3 is 5.97 Å². The molecule has 1 aliphatic heterocycles. The van der Waals surface area contributed by atoms with Crippen LogP contribution >= 0.6 is 0 Å². The second-order valence-corrected chi connectivity index (χ2v) is 8.75. The minimum Gasteiger partial charge on any atom is -0.478 e. The molecular weight excluding hydrogens is 442 g/mol. The Bertz CT molecular complexity index is 1390. The van der Waals surface area contributed by atoms with E-state index in [1.165, 1.54) is 0 Å². The largest absolute Gasteiger partial charge is 0.478 e. The summed E-state index contributed by atoms with van der Waals surface area (Å²) in [6.45, 7) is 4.27. The first-order valence-corrected chi connectivity index (χ1v) is 11.1. The number of aromatic carboxylic acids is 1. The summed E-state index contributed by atoms with van der Waals surface area (Å²) in [5.74, 6) is -3.12. The monoisotopic (exact) mass is 466 g/mol. The lowest BCUT2D eigenvalue weighted by Crippen LogP contribution is -2.40. The molecule has 8 nitrogen and oxygen atoms in total. The Balaban J connectivity index is 1.62. The fourth-order valence-electron chi connectivity index (χ4n) is 4.51. The predicted octanol–water partition coefficient (Wildman–Crippen LogP) is 4.69. The summed E-state index contributed by atoms with van der Waals surface area (Å²) in [5, 5.41) is 21.2. The van der Waals surface area contributed by atoms with Gasteiger partial charge in [0.05, 0.1) is 28.8 Å². The van der Waals surface area contributed by atoms with Gasteiger partial charge in [-0.25, -0.2) is 23.1 Å². The molecule has 4 aromatic rings. The van der Waals surface area contributed by atoms with Crippen molar-refractivity contribution in [2.24, 2.45) is 0 Å². The zero-order chi connectivity index (χ0) is 24.0. The maximum absolute atomic E-state index is 13.8. The number of fused-ring (bicyclic) bond motifs is 3. The van der Waals surface area contributed by atoms with Gasteiger partial charge in [-0.05, 0) is 37.6 Å². The zero-order valence-corrected chi connectivity index (χ0v) is 18.8. The van der Waals surface area contributed by atoms with Gasteiger partial charge in [-0.3, -0.25) is 0 Å². The summed E-state index contributed by atoms with van der Waals surface area (Å²) in [7, 11) is 0. The summed E-state index contributed by atoms with van der Waals surface area (Å²) in [5.41, 5.74) is 4.55. The molecule has 2 aromatic carbocycles. The van der Waals surface area contributed by atoms with Gasteiger partial charge in [0.1, 0.15) is 5.52 Å². The van der Waals surface area contributed by atoms with Gasteiger partial charge < -0.3 is 15.3 Å². The smallest absolute Gasteiger partial charge is 0.337 e. The normalized spacial score (nSPS) is 16.6. The van der Waals surface area contributed by atoms with Crippen molar-refractivity contribution in [2.45, 2.75) is 38.7 Å². The summed E-state index contributed by atoms with van der Waals surface area (Å²) >= 11 is 0. The highest BCUT2D eigenvalue weighted by atomic mass is 19.3. The second kappa shape index (κ2) is 8.19. The van der Waals surface area contributed by atoms with Crippen LogP contribution in [-0.4, -0.2) is 49.9 Å². The van der Waals surface area contributed by atoms with Crippen LogP contribution in [0.3, 0.4) is 0 Å². The molecule has 1 atom stereocenters. The first-order chi connectivity index (χ1) is 16.2. The number of para-hydroxylation sites is 1. The maximum Gasteiger partial charge on any atom is 0.337 e. The average molecular weight is 466 g/mol. The molecule has 1 saturated heterocycles. The molecule has 0 saturated carbocycles. The first kappa shape index (κ1) is 22.0. The molecule has 0 radical (unpaired) electrons. The Labute approximate surface area is 194 Å². The standard InChI is InChI=1S/C24H24F2N6O2/c1-14-11-17(15(2)28-18-6-4-3-5-16(18)23(33)34)21-19(12-14)32-20(13-27-30-32)22(29-21)31-9-7-24(25,26)8-10-31/h3-6,11-13,15,28H,7-10H2,1-2H3,(H,33,34)/t15-/m1/s1. The van der Waals surface area contributed by atoms with E-state index in [1.54, 1.807) is 35.0 Å². The van der Waals surface area contributed by atoms with E-state index in [1.807, 2.05) is 30.9 Å². The van der Waals surface area contributed by atoms with Gasteiger partial charge in [0, 0.05) is 37.2 Å². The van der Waals surface area contributed by atoms with Crippen LogP contribution in [0, 0.1) is 6.92 Å².